The highest BCUT2D eigenvalue weighted by Gasteiger charge is 2.14. The van der Waals surface area contributed by atoms with Gasteiger partial charge in [-0.2, -0.15) is 0 Å². The van der Waals surface area contributed by atoms with Crippen molar-refractivity contribution in [1.29, 1.82) is 0 Å². The lowest BCUT2D eigenvalue weighted by Gasteiger charge is -2.30. The first-order chi connectivity index (χ1) is 8.49. The molecule has 0 spiro atoms. The largest absolute Gasteiger partial charge is 0.368 e. The molecule has 2 N–H and O–H groups in total. The van der Waals surface area contributed by atoms with Crippen LogP contribution in [0.3, 0.4) is 0 Å². The van der Waals surface area contributed by atoms with E-state index in [1.807, 2.05) is 13.0 Å². The molecule has 0 aliphatic rings. The normalized spacial score (nSPS) is 14.3. The summed E-state index contributed by atoms with van der Waals surface area (Å²) in [4.78, 5) is 2.35. The average molecular weight is 269 g/mol. The number of halogens is 1. The number of hydrogen-bond acceptors (Lipinski definition) is 2. The van der Waals surface area contributed by atoms with Crippen molar-refractivity contribution in [3.63, 3.8) is 0 Å². The first-order valence-electron chi connectivity index (χ1n) is 6.80. The summed E-state index contributed by atoms with van der Waals surface area (Å²) in [5.41, 5.74) is 8.15. The van der Waals surface area contributed by atoms with Gasteiger partial charge in [-0.3, -0.25) is 0 Å². The highest BCUT2D eigenvalue weighted by Crippen LogP contribution is 2.29. The molecule has 0 bridgehead atoms. The van der Waals surface area contributed by atoms with Gasteiger partial charge in [0.2, 0.25) is 0 Å². The van der Waals surface area contributed by atoms with Gasteiger partial charge in [0.15, 0.2) is 0 Å². The van der Waals surface area contributed by atoms with E-state index in [1.54, 1.807) is 0 Å². The molecule has 0 radical (unpaired) electrons. The Bertz CT molecular complexity index is 377. The van der Waals surface area contributed by atoms with Crippen molar-refractivity contribution in [2.75, 3.05) is 11.4 Å². The zero-order valence-electron chi connectivity index (χ0n) is 11.9. The molecule has 0 heterocycles. The average Bonchev–Trinajstić information content (AvgIpc) is 2.31. The highest BCUT2D eigenvalue weighted by molar-refractivity contribution is 6.33. The Morgan fingerprint density at radius 2 is 1.94 bits per heavy atom. The lowest BCUT2D eigenvalue weighted by molar-refractivity contribution is 0.630. The van der Waals surface area contributed by atoms with Crippen molar-refractivity contribution in [3.05, 3.63) is 28.8 Å². The molecule has 18 heavy (non-hydrogen) atoms. The van der Waals surface area contributed by atoms with E-state index in [4.69, 9.17) is 17.3 Å². The van der Waals surface area contributed by atoms with E-state index in [0.717, 1.165) is 30.1 Å². The molecule has 0 saturated heterocycles. The first-order valence-corrected chi connectivity index (χ1v) is 7.18. The molecule has 0 fully saturated rings. The quantitative estimate of drug-likeness (QED) is 0.849. The molecular weight excluding hydrogens is 244 g/mol. The minimum Gasteiger partial charge on any atom is -0.368 e. The number of benzene rings is 1. The molecule has 102 valence electrons. The second-order valence-electron chi connectivity index (χ2n) is 5.01. The van der Waals surface area contributed by atoms with Gasteiger partial charge < -0.3 is 10.6 Å². The highest BCUT2D eigenvalue weighted by atomic mass is 35.5. The second-order valence-corrected chi connectivity index (χ2v) is 5.42. The summed E-state index contributed by atoms with van der Waals surface area (Å²) in [6.45, 7) is 9.58. The van der Waals surface area contributed by atoms with Crippen molar-refractivity contribution in [2.24, 2.45) is 5.73 Å². The molecule has 0 saturated carbocycles. The van der Waals surface area contributed by atoms with Gasteiger partial charge in [0.1, 0.15) is 0 Å². The Hall–Kier alpha value is -0.730. The van der Waals surface area contributed by atoms with Gasteiger partial charge in [-0.1, -0.05) is 24.6 Å². The van der Waals surface area contributed by atoms with Crippen molar-refractivity contribution >= 4 is 17.3 Å². The third-order valence-corrected chi connectivity index (χ3v) is 3.65. The van der Waals surface area contributed by atoms with Crippen LogP contribution in [0.25, 0.3) is 0 Å². The standard InChI is InChI=1S/C15H25ClN2/c1-5-12(4)18(6-2)15-8-7-13(9-11(3)17)10-14(15)16/h7-8,10-12H,5-6,9,17H2,1-4H3. The van der Waals surface area contributed by atoms with Crippen molar-refractivity contribution in [2.45, 2.75) is 52.6 Å². The minimum atomic E-state index is 0.170. The predicted molar refractivity (Wildman–Crippen MR) is 81.6 cm³/mol. The van der Waals surface area contributed by atoms with Gasteiger partial charge >= 0.3 is 0 Å². The number of hydrogen-bond donors (Lipinski definition) is 1. The molecule has 2 nitrogen and oxygen atoms in total. The molecule has 1 aromatic rings. The third-order valence-electron chi connectivity index (χ3n) is 3.34. The van der Waals surface area contributed by atoms with E-state index in [2.05, 4.69) is 37.8 Å². The van der Waals surface area contributed by atoms with Crippen LogP contribution in [0.2, 0.25) is 5.02 Å². The zero-order valence-corrected chi connectivity index (χ0v) is 12.7. The lowest BCUT2D eigenvalue weighted by Crippen LogP contribution is -2.32. The van der Waals surface area contributed by atoms with Gasteiger partial charge in [0.25, 0.3) is 0 Å². The molecule has 1 aromatic carbocycles. The van der Waals surface area contributed by atoms with E-state index in [1.165, 1.54) is 5.56 Å². The smallest absolute Gasteiger partial charge is 0.0642 e. The topological polar surface area (TPSA) is 29.3 Å². The molecule has 0 aliphatic carbocycles. The van der Waals surface area contributed by atoms with Crippen molar-refractivity contribution in [1.82, 2.24) is 0 Å². The Kier molecular flexibility index (Phi) is 5.97. The first kappa shape index (κ1) is 15.3. The summed E-state index contributed by atoms with van der Waals surface area (Å²) < 4.78 is 0. The molecule has 2 atom stereocenters. The molecule has 3 heteroatoms. The summed E-state index contributed by atoms with van der Waals surface area (Å²) >= 11 is 6.40. The van der Waals surface area contributed by atoms with E-state index in [9.17, 15) is 0 Å². The van der Waals surface area contributed by atoms with Crippen LogP contribution in [0.4, 0.5) is 5.69 Å². The van der Waals surface area contributed by atoms with Crippen LogP contribution in [0.1, 0.15) is 39.7 Å². The fourth-order valence-electron chi connectivity index (χ4n) is 2.22. The second kappa shape index (κ2) is 7.01. The number of rotatable bonds is 6. The lowest BCUT2D eigenvalue weighted by atomic mass is 10.1. The van der Waals surface area contributed by atoms with E-state index >= 15 is 0 Å². The summed E-state index contributed by atoms with van der Waals surface area (Å²) in [5.74, 6) is 0. The van der Waals surface area contributed by atoms with Gasteiger partial charge in [0.05, 0.1) is 10.7 Å². The molecule has 0 aromatic heterocycles. The Balaban J connectivity index is 2.96. The molecule has 2 unspecified atom stereocenters. The van der Waals surface area contributed by atoms with Crippen LogP contribution < -0.4 is 10.6 Å². The van der Waals surface area contributed by atoms with Crippen LogP contribution in [0, 0.1) is 0 Å². The van der Waals surface area contributed by atoms with Gasteiger partial charge in [0, 0.05) is 18.6 Å². The van der Waals surface area contributed by atoms with Gasteiger partial charge in [-0.25, -0.2) is 0 Å². The number of nitrogens with two attached hydrogens (primary N) is 1. The monoisotopic (exact) mass is 268 g/mol. The van der Waals surface area contributed by atoms with Crippen LogP contribution in [0.5, 0.6) is 0 Å². The van der Waals surface area contributed by atoms with E-state index in [0.29, 0.717) is 6.04 Å². The maximum Gasteiger partial charge on any atom is 0.0642 e. The number of nitrogens with zero attached hydrogens (tertiary/aromatic N) is 1. The maximum absolute atomic E-state index is 6.40. The summed E-state index contributed by atoms with van der Waals surface area (Å²) in [7, 11) is 0. The maximum atomic E-state index is 6.40. The minimum absolute atomic E-state index is 0.170. The summed E-state index contributed by atoms with van der Waals surface area (Å²) in [6, 6.07) is 6.98. The Labute approximate surface area is 116 Å². The van der Waals surface area contributed by atoms with Crippen LogP contribution in [-0.4, -0.2) is 18.6 Å². The molecule has 1 rings (SSSR count). The molecule has 0 amide bonds. The van der Waals surface area contributed by atoms with E-state index < -0.39 is 0 Å². The summed E-state index contributed by atoms with van der Waals surface area (Å²) in [6.07, 6.45) is 1.99. The SMILES string of the molecule is CCC(C)N(CC)c1ccc(CC(C)N)cc1Cl. The fraction of sp³-hybridized carbons (Fsp3) is 0.600. The van der Waals surface area contributed by atoms with Crippen LogP contribution >= 0.6 is 11.6 Å². The van der Waals surface area contributed by atoms with Gasteiger partial charge in [-0.05, 0) is 51.3 Å². The van der Waals surface area contributed by atoms with Crippen LogP contribution in [-0.2, 0) is 6.42 Å². The Morgan fingerprint density at radius 3 is 2.39 bits per heavy atom. The van der Waals surface area contributed by atoms with Gasteiger partial charge in [-0.15, -0.1) is 0 Å². The fourth-order valence-corrected chi connectivity index (χ4v) is 2.53. The Morgan fingerprint density at radius 1 is 1.28 bits per heavy atom. The predicted octanol–water partition coefficient (Wildman–Crippen LogP) is 3.85. The summed E-state index contributed by atoms with van der Waals surface area (Å²) in [5, 5.41) is 0.829. The van der Waals surface area contributed by atoms with Crippen molar-refractivity contribution < 1.29 is 0 Å². The molecule has 0 aliphatic heterocycles. The molecular formula is C15H25ClN2. The van der Waals surface area contributed by atoms with E-state index in [-0.39, 0.29) is 6.04 Å². The number of anilines is 1. The zero-order chi connectivity index (χ0) is 13.7. The third kappa shape index (κ3) is 3.89. The van der Waals surface area contributed by atoms with Crippen LogP contribution in [0.15, 0.2) is 18.2 Å². The van der Waals surface area contributed by atoms with Crippen molar-refractivity contribution in [3.8, 4) is 0 Å².